The lowest BCUT2D eigenvalue weighted by Crippen LogP contribution is -2.30. The van der Waals surface area contributed by atoms with Gasteiger partial charge in [-0.05, 0) is 19.1 Å². The number of hydrogen-bond acceptors (Lipinski definition) is 2. The summed E-state index contributed by atoms with van der Waals surface area (Å²) in [5.74, 6) is -5.14. The van der Waals surface area contributed by atoms with E-state index in [0.29, 0.717) is 0 Å². The Balaban J connectivity index is 2.17. The zero-order valence-corrected chi connectivity index (χ0v) is 10.3. The van der Waals surface area contributed by atoms with Crippen LogP contribution in [0.5, 0.6) is 5.75 Å². The molecule has 98 valence electrons. The molecule has 4 heteroatoms. The molecule has 0 heterocycles. The van der Waals surface area contributed by atoms with Gasteiger partial charge in [-0.25, -0.2) is 4.79 Å². The second-order valence-electron chi connectivity index (χ2n) is 4.14. The number of benzene rings is 2. The van der Waals surface area contributed by atoms with Crippen LogP contribution in [0.3, 0.4) is 0 Å². The van der Waals surface area contributed by atoms with Crippen molar-refractivity contribution >= 4 is 5.97 Å². The Kier molecular flexibility index (Phi) is 3.60. The number of hydrogen-bond donors (Lipinski definition) is 0. The minimum Gasteiger partial charge on any atom is -0.422 e. The standard InChI is InChI=1S/C15H12F2O2/c1-11-7-9-13(10-8-11)19-14(18)15(16,17)12-5-3-2-4-6-12/h2-10H,1H3. The van der Waals surface area contributed by atoms with Gasteiger partial charge in [0.05, 0.1) is 0 Å². The normalized spacial score (nSPS) is 11.1. The molecule has 2 aromatic rings. The van der Waals surface area contributed by atoms with Gasteiger partial charge in [-0.2, -0.15) is 8.78 Å². The van der Waals surface area contributed by atoms with Gasteiger partial charge in [0.1, 0.15) is 5.75 Å². The molecule has 0 radical (unpaired) electrons. The summed E-state index contributed by atoms with van der Waals surface area (Å²) in [6, 6.07) is 13.2. The molecule has 0 spiro atoms. The van der Waals surface area contributed by atoms with E-state index in [1.165, 1.54) is 36.4 Å². The van der Waals surface area contributed by atoms with E-state index in [1.807, 2.05) is 6.92 Å². The third kappa shape index (κ3) is 2.96. The van der Waals surface area contributed by atoms with Crippen molar-refractivity contribution in [2.75, 3.05) is 0 Å². The number of alkyl halides is 2. The Labute approximate surface area is 109 Å². The summed E-state index contributed by atoms with van der Waals surface area (Å²) >= 11 is 0. The third-order valence-electron chi connectivity index (χ3n) is 2.62. The van der Waals surface area contributed by atoms with Gasteiger partial charge < -0.3 is 4.74 Å². The lowest BCUT2D eigenvalue weighted by molar-refractivity contribution is -0.163. The van der Waals surface area contributed by atoms with Crippen molar-refractivity contribution in [3.05, 3.63) is 65.7 Å². The van der Waals surface area contributed by atoms with Gasteiger partial charge in [0, 0.05) is 5.56 Å². The molecule has 0 N–H and O–H groups in total. The van der Waals surface area contributed by atoms with Crippen LogP contribution in [0.4, 0.5) is 8.78 Å². The number of rotatable bonds is 3. The van der Waals surface area contributed by atoms with E-state index in [4.69, 9.17) is 4.74 Å². The van der Waals surface area contributed by atoms with Crippen molar-refractivity contribution in [2.24, 2.45) is 0 Å². The number of ether oxygens (including phenoxy) is 1. The van der Waals surface area contributed by atoms with Gasteiger partial charge in [-0.15, -0.1) is 0 Å². The van der Waals surface area contributed by atoms with E-state index in [9.17, 15) is 13.6 Å². The fourth-order valence-corrected chi connectivity index (χ4v) is 1.54. The first-order chi connectivity index (χ1) is 9.00. The zero-order chi connectivity index (χ0) is 13.9. The topological polar surface area (TPSA) is 26.3 Å². The van der Waals surface area contributed by atoms with Crippen LogP contribution in [0.1, 0.15) is 11.1 Å². The molecule has 0 saturated heterocycles. The molecule has 2 rings (SSSR count). The highest BCUT2D eigenvalue weighted by Gasteiger charge is 2.43. The summed E-state index contributed by atoms with van der Waals surface area (Å²) in [6.45, 7) is 1.85. The maximum Gasteiger partial charge on any atom is 0.387 e. The Morgan fingerprint density at radius 2 is 1.58 bits per heavy atom. The monoisotopic (exact) mass is 262 g/mol. The first-order valence-electron chi connectivity index (χ1n) is 5.72. The summed E-state index contributed by atoms with van der Waals surface area (Å²) in [7, 11) is 0. The molecule has 0 bridgehead atoms. The molecular formula is C15H12F2O2. The molecular weight excluding hydrogens is 250 g/mol. The summed E-state index contributed by atoms with van der Waals surface area (Å²) in [5, 5.41) is 0. The van der Waals surface area contributed by atoms with Gasteiger partial charge in [0.25, 0.3) is 0 Å². The number of aryl methyl sites for hydroxylation is 1. The van der Waals surface area contributed by atoms with Crippen LogP contribution in [0, 0.1) is 6.92 Å². The molecule has 0 aliphatic heterocycles. The quantitative estimate of drug-likeness (QED) is 0.623. The Bertz CT molecular complexity index is 562. The first kappa shape index (κ1) is 13.2. The Morgan fingerprint density at radius 1 is 1.00 bits per heavy atom. The molecule has 0 aromatic heterocycles. The van der Waals surface area contributed by atoms with Gasteiger partial charge in [0.2, 0.25) is 0 Å². The smallest absolute Gasteiger partial charge is 0.387 e. The van der Waals surface area contributed by atoms with Crippen LogP contribution in [0.25, 0.3) is 0 Å². The second kappa shape index (κ2) is 5.18. The van der Waals surface area contributed by atoms with Crippen molar-refractivity contribution in [1.29, 1.82) is 0 Å². The minimum absolute atomic E-state index is 0.103. The SMILES string of the molecule is Cc1ccc(OC(=O)C(F)(F)c2ccccc2)cc1. The first-order valence-corrected chi connectivity index (χ1v) is 5.72. The highest BCUT2D eigenvalue weighted by atomic mass is 19.3. The maximum atomic E-state index is 13.8. The fraction of sp³-hybridized carbons (Fsp3) is 0.133. The second-order valence-corrected chi connectivity index (χ2v) is 4.14. The predicted molar refractivity (Wildman–Crippen MR) is 67.2 cm³/mol. The van der Waals surface area contributed by atoms with Crippen molar-refractivity contribution in [1.82, 2.24) is 0 Å². The molecule has 19 heavy (non-hydrogen) atoms. The van der Waals surface area contributed by atoms with Crippen LogP contribution < -0.4 is 4.74 Å². The largest absolute Gasteiger partial charge is 0.422 e. The molecule has 0 unspecified atom stereocenters. The average molecular weight is 262 g/mol. The Morgan fingerprint density at radius 3 is 2.16 bits per heavy atom. The van der Waals surface area contributed by atoms with E-state index in [0.717, 1.165) is 5.56 Å². The molecule has 0 fully saturated rings. The predicted octanol–water partition coefficient (Wildman–Crippen LogP) is 3.69. The van der Waals surface area contributed by atoms with E-state index in [2.05, 4.69) is 0 Å². The summed E-state index contributed by atoms with van der Waals surface area (Å²) < 4.78 is 32.4. The van der Waals surface area contributed by atoms with Crippen molar-refractivity contribution in [3.63, 3.8) is 0 Å². The van der Waals surface area contributed by atoms with Crippen molar-refractivity contribution < 1.29 is 18.3 Å². The lowest BCUT2D eigenvalue weighted by Gasteiger charge is -2.15. The molecule has 0 amide bonds. The van der Waals surface area contributed by atoms with Gasteiger partial charge in [0.15, 0.2) is 0 Å². The summed E-state index contributed by atoms with van der Waals surface area (Å²) in [4.78, 5) is 11.5. The number of carbonyl (C=O) groups is 1. The summed E-state index contributed by atoms with van der Waals surface area (Å²) in [5.41, 5.74) is 0.571. The van der Waals surface area contributed by atoms with E-state index in [-0.39, 0.29) is 11.3 Å². The minimum atomic E-state index is -3.66. The molecule has 0 aliphatic carbocycles. The fourth-order valence-electron chi connectivity index (χ4n) is 1.54. The lowest BCUT2D eigenvalue weighted by atomic mass is 10.1. The van der Waals surface area contributed by atoms with Crippen LogP contribution in [0.2, 0.25) is 0 Å². The third-order valence-corrected chi connectivity index (χ3v) is 2.62. The highest BCUT2D eigenvalue weighted by molar-refractivity contribution is 5.81. The highest BCUT2D eigenvalue weighted by Crippen LogP contribution is 2.29. The van der Waals surface area contributed by atoms with E-state index in [1.54, 1.807) is 18.2 Å². The van der Waals surface area contributed by atoms with E-state index < -0.39 is 11.9 Å². The molecule has 2 aromatic carbocycles. The maximum absolute atomic E-state index is 13.8. The van der Waals surface area contributed by atoms with Crippen LogP contribution >= 0.6 is 0 Å². The number of esters is 1. The molecule has 0 aliphatic rings. The molecule has 2 nitrogen and oxygen atoms in total. The Hall–Kier alpha value is -2.23. The number of carbonyl (C=O) groups excluding carboxylic acids is 1. The van der Waals surface area contributed by atoms with E-state index >= 15 is 0 Å². The van der Waals surface area contributed by atoms with Crippen molar-refractivity contribution in [2.45, 2.75) is 12.8 Å². The molecule has 0 saturated carbocycles. The van der Waals surface area contributed by atoms with Gasteiger partial charge in [-0.1, -0.05) is 48.0 Å². The van der Waals surface area contributed by atoms with Crippen molar-refractivity contribution in [3.8, 4) is 5.75 Å². The van der Waals surface area contributed by atoms with Crippen LogP contribution in [0.15, 0.2) is 54.6 Å². The summed E-state index contributed by atoms with van der Waals surface area (Å²) in [6.07, 6.45) is 0. The van der Waals surface area contributed by atoms with Gasteiger partial charge in [-0.3, -0.25) is 0 Å². The van der Waals surface area contributed by atoms with Crippen LogP contribution in [-0.4, -0.2) is 5.97 Å². The van der Waals surface area contributed by atoms with Crippen LogP contribution in [-0.2, 0) is 10.7 Å². The van der Waals surface area contributed by atoms with Gasteiger partial charge >= 0.3 is 11.9 Å². The zero-order valence-electron chi connectivity index (χ0n) is 10.3. The number of halogens is 2. The average Bonchev–Trinajstić information content (AvgIpc) is 2.42. The molecule has 0 atom stereocenters.